The molecule has 0 aromatic heterocycles. The molecule has 0 amide bonds. The van der Waals surface area contributed by atoms with Crippen molar-refractivity contribution in [2.45, 2.75) is 31.8 Å². The highest BCUT2D eigenvalue weighted by Gasteiger charge is 2.16. The number of nitrogens with one attached hydrogen (secondary N) is 1. The lowest BCUT2D eigenvalue weighted by Gasteiger charge is -2.13. The van der Waals surface area contributed by atoms with Crippen LogP contribution in [0, 0.1) is 0 Å². The zero-order valence-corrected chi connectivity index (χ0v) is 10.0. The van der Waals surface area contributed by atoms with Gasteiger partial charge in [-0.05, 0) is 18.4 Å². The van der Waals surface area contributed by atoms with Crippen LogP contribution in [-0.4, -0.2) is 28.2 Å². The van der Waals surface area contributed by atoms with Crippen LogP contribution in [0.4, 0.5) is 0 Å². The van der Waals surface area contributed by atoms with Gasteiger partial charge >= 0.3 is 11.9 Å². The summed E-state index contributed by atoms with van der Waals surface area (Å²) < 4.78 is 0. The zero-order valence-electron chi connectivity index (χ0n) is 10.0. The molecule has 0 aliphatic carbocycles. The first kappa shape index (κ1) is 14.2. The normalized spacial score (nSPS) is 12.0. The Morgan fingerprint density at radius 3 is 2.39 bits per heavy atom. The van der Waals surface area contributed by atoms with Gasteiger partial charge in [-0.25, -0.2) is 0 Å². The lowest BCUT2D eigenvalue weighted by molar-refractivity contribution is -0.141. The average molecular weight is 251 g/mol. The van der Waals surface area contributed by atoms with Crippen LogP contribution in [0.2, 0.25) is 0 Å². The van der Waals surface area contributed by atoms with Gasteiger partial charge in [-0.2, -0.15) is 0 Å². The maximum Gasteiger partial charge on any atom is 0.320 e. The molecule has 3 N–H and O–H groups in total. The molecule has 0 saturated heterocycles. The van der Waals surface area contributed by atoms with Crippen LogP contribution in [0.1, 0.15) is 24.8 Å². The number of carboxylic acid groups (broad SMARTS) is 2. The molecular weight excluding hydrogens is 234 g/mol. The Morgan fingerprint density at radius 1 is 1.17 bits per heavy atom. The fraction of sp³-hybridized carbons (Fsp3) is 0.385. The lowest BCUT2D eigenvalue weighted by atomic mass is 10.1. The minimum absolute atomic E-state index is 0.00318. The highest BCUT2D eigenvalue weighted by atomic mass is 16.4. The molecule has 5 nitrogen and oxygen atoms in total. The van der Waals surface area contributed by atoms with Gasteiger partial charge in [-0.15, -0.1) is 0 Å². The van der Waals surface area contributed by atoms with Crippen LogP contribution in [0.25, 0.3) is 0 Å². The van der Waals surface area contributed by atoms with E-state index in [-0.39, 0.29) is 6.42 Å². The molecule has 98 valence electrons. The lowest BCUT2D eigenvalue weighted by Crippen LogP contribution is -2.36. The predicted octanol–water partition coefficient (Wildman–Crippen LogP) is 1.48. The summed E-state index contributed by atoms with van der Waals surface area (Å²) in [5.74, 6) is -1.85. The van der Waals surface area contributed by atoms with Crippen LogP contribution in [0.3, 0.4) is 0 Å². The Hall–Kier alpha value is -1.88. The van der Waals surface area contributed by atoms with Crippen LogP contribution in [0.15, 0.2) is 30.3 Å². The molecule has 0 radical (unpaired) electrons. The quantitative estimate of drug-likeness (QED) is 0.651. The summed E-state index contributed by atoms with van der Waals surface area (Å²) in [7, 11) is 0. The average Bonchev–Trinajstić information content (AvgIpc) is 2.34. The summed E-state index contributed by atoms with van der Waals surface area (Å²) in [6, 6.07) is 8.77. The monoisotopic (exact) mass is 251 g/mol. The summed E-state index contributed by atoms with van der Waals surface area (Å²) in [6.45, 7) is 0.463. The van der Waals surface area contributed by atoms with Gasteiger partial charge < -0.3 is 15.5 Å². The SMILES string of the molecule is O=C(O)CCCC(NCc1ccccc1)C(=O)O. The Labute approximate surface area is 105 Å². The van der Waals surface area contributed by atoms with E-state index in [4.69, 9.17) is 10.2 Å². The minimum Gasteiger partial charge on any atom is -0.481 e. The summed E-state index contributed by atoms with van der Waals surface area (Å²) >= 11 is 0. The standard InChI is InChI=1S/C13H17NO4/c15-12(16)8-4-7-11(13(17)18)14-9-10-5-2-1-3-6-10/h1-3,5-6,11,14H,4,7-9H2,(H,15,16)(H,17,18). The number of aliphatic carboxylic acids is 2. The second-order valence-corrected chi connectivity index (χ2v) is 4.04. The maximum absolute atomic E-state index is 11.0. The van der Waals surface area contributed by atoms with E-state index in [9.17, 15) is 9.59 Å². The fourth-order valence-electron chi connectivity index (χ4n) is 1.61. The van der Waals surface area contributed by atoms with Gasteiger partial charge in [0.25, 0.3) is 0 Å². The van der Waals surface area contributed by atoms with Crippen molar-refractivity contribution < 1.29 is 19.8 Å². The summed E-state index contributed by atoms with van der Waals surface area (Å²) in [4.78, 5) is 21.3. The Bertz CT molecular complexity index is 391. The number of hydrogen-bond donors (Lipinski definition) is 3. The molecule has 1 rings (SSSR count). The van der Waals surface area contributed by atoms with Gasteiger partial charge in [0.2, 0.25) is 0 Å². The first-order chi connectivity index (χ1) is 8.59. The van der Waals surface area contributed by atoms with Gasteiger partial charge in [0, 0.05) is 13.0 Å². The molecule has 0 heterocycles. The number of rotatable bonds is 8. The first-order valence-electron chi connectivity index (χ1n) is 5.81. The van der Waals surface area contributed by atoms with Crippen molar-refractivity contribution in [3.63, 3.8) is 0 Å². The third-order valence-corrected chi connectivity index (χ3v) is 2.58. The summed E-state index contributed by atoms with van der Waals surface area (Å²) in [6.07, 6.45) is 0.666. The highest BCUT2D eigenvalue weighted by Crippen LogP contribution is 2.04. The van der Waals surface area contributed by atoms with Crippen molar-refractivity contribution in [2.75, 3.05) is 0 Å². The maximum atomic E-state index is 11.0. The van der Waals surface area contributed by atoms with Gasteiger partial charge in [-0.1, -0.05) is 30.3 Å². The van der Waals surface area contributed by atoms with E-state index in [1.165, 1.54) is 0 Å². The third-order valence-electron chi connectivity index (χ3n) is 2.58. The number of hydrogen-bond acceptors (Lipinski definition) is 3. The third kappa shape index (κ3) is 5.45. The Morgan fingerprint density at radius 2 is 1.83 bits per heavy atom. The fourth-order valence-corrected chi connectivity index (χ4v) is 1.61. The summed E-state index contributed by atoms with van der Waals surface area (Å²) in [5.41, 5.74) is 1.00. The van der Waals surface area contributed by atoms with Crippen molar-refractivity contribution in [2.24, 2.45) is 0 Å². The molecule has 1 atom stereocenters. The molecule has 0 aliphatic rings. The first-order valence-corrected chi connectivity index (χ1v) is 5.81. The van der Waals surface area contributed by atoms with Gasteiger partial charge in [0.1, 0.15) is 6.04 Å². The molecule has 0 aliphatic heterocycles. The molecule has 0 fully saturated rings. The highest BCUT2D eigenvalue weighted by molar-refractivity contribution is 5.73. The van der Waals surface area contributed by atoms with Crippen LogP contribution >= 0.6 is 0 Å². The van der Waals surface area contributed by atoms with E-state index < -0.39 is 18.0 Å². The topological polar surface area (TPSA) is 86.6 Å². The van der Waals surface area contributed by atoms with Gasteiger partial charge in [-0.3, -0.25) is 9.59 Å². The van der Waals surface area contributed by atoms with Gasteiger partial charge in [0.15, 0.2) is 0 Å². The van der Waals surface area contributed by atoms with Crippen molar-refractivity contribution in [1.29, 1.82) is 0 Å². The van der Waals surface area contributed by atoms with Crippen LogP contribution < -0.4 is 5.32 Å². The van der Waals surface area contributed by atoms with Crippen molar-refractivity contribution in [1.82, 2.24) is 5.32 Å². The second kappa shape index (κ2) is 7.45. The van der Waals surface area contributed by atoms with E-state index in [1.807, 2.05) is 30.3 Å². The summed E-state index contributed by atoms with van der Waals surface area (Å²) in [5, 5.41) is 20.4. The molecule has 0 bridgehead atoms. The van der Waals surface area contributed by atoms with E-state index >= 15 is 0 Å². The molecule has 0 saturated carbocycles. The van der Waals surface area contributed by atoms with Crippen molar-refractivity contribution in [3.8, 4) is 0 Å². The largest absolute Gasteiger partial charge is 0.481 e. The number of carboxylic acids is 2. The zero-order chi connectivity index (χ0) is 13.4. The predicted molar refractivity (Wildman–Crippen MR) is 66.2 cm³/mol. The van der Waals surface area contributed by atoms with E-state index in [1.54, 1.807) is 0 Å². The van der Waals surface area contributed by atoms with E-state index in [0.29, 0.717) is 19.4 Å². The van der Waals surface area contributed by atoms with Crippen molar-refractivity contribution >= 4 is 11.9 Å². The minimum atomic E-state index is -0.948. The van der Waals surface area contributed by atoms with Crippen LogP contribution in [-0.2, 0) is 16.1 Å². The molecule has 5 heteroatoms. The molecular formula is C13H17NO4. The molecule has 1 unspecified atom stereocenters. The van der Waals surface area contributed by atoms with Crippen LogP contribution in [0.5, 0.6) is 0 Å². The molecule has 1 aromatic carbocycles. The second-order valence-electron chi connectivity index (χ2n) is 4.04. The Balaban J connectivity index is 2.38. The van der Waals surface area contributed by atoms with E-state index in [2.05, 4.69) is 5.32 Å². The smallest absolute Gasteiger partial charge is 0.320 e. The Kier molecular flexibility index (Phi) is 5.87. The van der Waals surface area contributed by atoms with Gasteiger partial charge in [0.05, 0.1) is 0 Å². The molecule has 1 aromatic rings. The molecule has 0 spiro atoms. The van der Waals surface area contributed by atoms with E-state index in [0.717, 1.165) is 5.56 Å². The number of benzene rings is 1. The molecule has 18 heavy (non-hydrogen) atoms. The number of carbonyl (C=O) groups is 2. The van der Waals surface area contributed by atoms with Crippen molar-refractivity contribution in [3.05, 3.63) is 35.9 Å².